The van der Waals surface area contributed by atoms with Gasteiger partial charge >= 0.3 is 0 Å². The molecular weight excluding hydrogens is 380 g/mol. The van der Waals surface area contributed by atoms with E-state index in [1.54, 1.807) is 4.88 Å². The quantitative estimate of drug-likeness (QED) is 0.159. The lowest BCUT2D eigenvalue weighted by atomic mass is 9.91. The number of hydrogen-bond donors (Lipinski definition) is 0. The highest BCUT2D eigenvalue weighted by atomic mass is 32.1. The van der Waals surface area contributed by atoms with Crippen LogP contribution in [0.2, 0.25) is 0 Å². The van der Waals surface area contributed by atoms with Crippen molar-refractivity contribution in [2.45, 2.75) is 156 Å². The van der Waals surface area contributed by atoms with E-state index in [1.807, 2.05) is 11.3 Å². The first-order chi connectivity index (χ1) is 14.8. The summed E-state index contributed by atoms with van der Waals surface area (Å²) in [7, 11) is 0. The van der Waals surface area contributed by atoms with E-state index in [0.29, 0.717) is 0 Å². The zero-order valence-corrected chi connectivity index (χ0v) is 21.8. The van der Waals surface area contributed by atoms with Gasteiger partial charge in [-0.05, 0) is 31.4 Å². The molecule has 0 nitrogen and oxygen atoms in total. The van der Waals surface area contributed by atoms with Gasteiger partial charge in [0.2, 0.25) is 0 Å². The number of aryl methyl sites for hydroxylation is 1. The third-order valence-corrected chi connectivity index (χ3v) is 7.74. The van der Waals surface area contributed by atoms with E-state index in [0.717, 1.165) is 5.92 Å². The van der Waals surface area contributed by atoms with Crippen molar-refractivity contribution in [1.29, 1.82) is 0 Å². The molecule has 176 valence electrons. The smallest absolute Gasteiger partial charge is 0.00508 e. The second-order valence-electron chi connectivity index (χ2n) is 9.82. The third kappa shape index (κ3) is 16.4. The number of hydrogen-bond acceptors (Lipinski definition) is 1. The summed E-state index contributed by atoms with van der Waals surface area (Å²) < 4.78 is 0. The van der Waals surface area contributed by atoms with Gasteiger partial charge in [-0.1, -0.05) is 142 Å². The Kier molecular flexibility index (Phi) is 19.0. The molecule has 0 amide bonds. The van der Waals surface area contributed by atoms with Gasteiger partial charge in [0, 0.05) is 9.75 Å². The molecule has 1 atom stereocenters. The summed E-state index contributed by atoms with van der Waals surface area (Å²) in [6, 6.07) is 4.70. The highest BCUT2D eigenvalue weighted by molar-refractivity contribution is 7.11. The van der Waals surface area contributed by atoms with Crippen molar-refractivity contribution in [3.8, 4) is 0 Å². The molecule has 0 fully saturated rings. The fourth-order valence-electron chi connectivity index (χ4n) is 4.72. The fourth-order valence-corrected chi connectivity index (χ4v) is 5.72. The second-order valence-corrected chi connectivity index (χ2v) is 11.2. The van der Waals surface area contributed by atoms with Gasteiger partial charge in [-0.25, -0.2) is 0 Å². The molecule has 0 saturated heterocycles. The van der Waals surface area contributed by atoms with Gasteiger partial charge in [0.05, 0.1) is 0 Å². The SMILES string of the molecule is CCCCCCCCCCCCC(CCCCCCCCCC)Cc1ccc(C)s1. The summed E-state index contributed by atoms with van der Waals surface area (Å²) in [5.74, 6) is 0.928. The number of rotatable bonds is 22. The first kappa shape index (κ1) is 27.7. The predicted molar refractivity (Wildman–Crippen MR) is 140 cm³/mol. The molecule has 1 aromatic heterocycles. The Morgan fingerprint density at radius 2 is 0.967 bits per heavy atom. The molecule has 0 radical (unpaired) electrons. The Balaban J connectivity index is 2.13. The van der Waals surface area contributed by atoms with Gasteiger partial charge in [-0.15, -0.1) is 11.3 Å². The standard InChI is InChI=1S/C29H54S/c1-4-6-8-10-12-14-15-17-19-21-23-28(26-29-25-24-27(3)30-29)22-20-18-16-13-11-9-7-5-2/h24-25,28H,4-23,26H2,1-3H3. The second kappa shape index (κ2) is 20.6. The van der Waals surface area contributed by atoms with Crippen molar-refractivity contribution in [2.75, 3.05) is 0 Å². The normalized spacial score (nSPS) is 12.5. The summed E-state index contributed by atoms with van der Waals surface area (Å²) in [6.45, 7) is 6.87. The van der Waals surface area contributed by atoms with E-state index in [-0.39, 0.29) is 0 Å². The maximum Gasteiger partial charge on any atom is 0.00508 e. The molecular formula is C29H54S. The highest BCUT2D eigenvalue weighted by Gasteiger charge is 2.11. The van der Waals surface area contributed by atoms with E-state index in [9.17, 15) is 0 Å². The number of thiophene rings is 1. The van der Waals surface area contributed by atoms with Crippen LogP contribution in [0.25, 0.3) is 0 Å². The molecule has 1 heterocycles. The monoisotopic (exact) mass is 434 g/mol. The minimum atomic E-state index is 0.928. The van der Waals surface area contributed by atoms with Crippen LogP contribution in [0.3, 0.4) is 0 Å². The molecule has 1 heteroatoms. The zero-order valence-electron chi connectivity index (χ0n) is 21.0. The molecule has 1 unspecified atom stereocenters. The molecule has 0 N–H and O–H groups in total. The summed E-state index contributed by atoms with van der Waals surface area (Å²) >= 11 is 2.03. The summed E-state index contributed by atoms with van der Waals surface area (Å²) in [5, 5.41) is 0. The summed E-state index contributed by atoms with van der Waals surface area (Å²) in [6.07, 6.45) is 30.4. The van der Waals surface area contributed by atoms with Crippen LogP contribution in [-0.2, 0) is 6.42 Å². The van der Waals surface area contributed by atoms with Gasteiger partial charge in [-0.2, -0.15) is 0 Å². The lowest BCUT2D eigenvalue weighted by Gasteiger charge is -2.16. The average Bonchev–Trinajstić information content (AvgIpc) is 3.15. The molecule has 30 heavy (non-hydrogen) atoms. The van der Waals surface area contributed by atoms with Crippen molar-refractivity contribution < 1.29 is 0 Å². The fraction of sp³-hybridized carbons (Fsp3) is 0.862. The van der Waals surface area contributed by atoms with Crippen LogP contribution >= 0.6 is 11.3 Å². The molecule has 0 aromatic carbocycles. The van der Waals surface area contributed by atoms with Crippen LogP contribution in [0.1, 0.15) is 152 Å². The third-order valence-electron chi connectivity index (χ3n) is 6.72. The Hall–Kier alpha value is -0.300. The van der Waals surface area contributed by atoms with Gasteiger partial charge in [0.15, 0.2) is 0 Å². The van der Waals surface area contributed by atoms with Crippen molar-refractivity contribution in [1.82, 2.24) is 0 Å². The maximum absolute atomic E-state index is 2.39. The molecule has 0 aliphatic carbocycles. The molecule has 1 rings (SSSR count). The van der Waals surface area contributed by atoms with E-state index in [4.69, 9.17) is 0 Å². The van der Waals surface area contributed by atoms with E-state index >= 15 is 0 Å². The average molecular weight is 435 g/mol. The van der Waals surface area contributed by atoms with Gasteiger partial charge in [-0.3, -0.25) is 0 Å². The van der Waals surface area contributed by atoms with Crippen LogP contribution in [0.4, 0.5) is 0 Å². The van der Waals surface area contributed by atoms with E-state index in [1.165, 1.54) is 140 Å². The zero-order chi connectivity index (χ0) is 21.7. The molecule has 0 aliphatic rings. The molecule has 0 bridgehead atoms. The first-order valence-corrected chi connectivity index (χ1v) is 14.6. The topological polar surface area (TPSA) is 0 Å². The van der Waals surface area contributed by atoms with Crippen LogP contribution < -0.4 is 0 Å². The Labute approximate surface area is 194 Å². The summed E-state index contributed by atoms with van der Waals surface area (Å²) in [4.78, 5) is 3.11. The van der Waals surface area contributed by atoms with Gasteiger partial charge in [0.25, 0.3) is 0 Å². The molecule has 0 aliphatic heterocycles. The minimum absolute atomic E-state index is 0.928. The molecule has 1 aromatic rings. The lowest BCUT2D eigenvalue weighted by Crippen LogP contribution is -2.04. The predicted octanol–water partition coefficient (Wildman–Crippen LogP) is 11.1. The van der Waals surface area contributed by atoms with Gasteiger partial charge in [0.1, 0.15) is 0 Å². The van der Waals surface area contributed by atoms with E-state index < -0.39 is 0 Å². The number of unbranched alkanes of at least 4 members (excludes halogenated alkanes) is 16. The Morgan fingerprint density at radius 1 is 0.567 bits per heavy atom. The van der Waals surface area contributed by atoms with Gasteiger partial charge < -0.3 is 0 Å². The van der Waals surface area contributed by atoms with Crippen molar-refractivity contribution in [2.24, 2.45) is 5.92 Å². The Bertz CT molecular complexity index is 461. The largest absolute Gasteiger partial charge is 0.146 e. The minimum Gasteiger partial charge on any atom is -0.146 e. The van der Waals surface area contributed by atoms with Crippen LogP contribution in [0.5, 0.6) is 0 Å². The summed E-state index contributed by atoms with van der Waals surface area (Å²) in [5.41, 5.74) is 0. The van der Waals surface area contributed by atoms with E-state index in [2.05, 4.69) is 32.9 Å². The maximum atomic E-state index is 2.39. The molecule has 0 saturated carbocycles. The first-order valence-electron chi connectivity index (χ1n) is 13.8. The van der Waals surface area contributed by atoms with Crippen LogP contribution in [0, 0.1) is 12.8 Å². The van der Waals surface area contributed by atoms with Crippen molar-refractivity contribution in [3.63, 3.8) is 0 Å². The lowest BCUT2D eigenvalue weighted by molar-refractivity contribution is 0.401. The highest BCUT2D eigenvalue weighted by Crippen LogP contribution is 2.26. The van der Waals surface area contributed by atoms with Crippen LogP contribution in [0.15, 0.2) is 12.1 Å². The van der Waals surface area contributed by atoms with Crippen molar-refractivity contribution in [3.05, 3.63) is 21.9 Å². The van der Waals surface area contributed by atoms with Crippen molar-refractivity contribution >= 4 is 11.3 Å². The van der Waals surface area contributed by atoms with Crippen LogP contribution in [-0.4, -0.2) is 0 Å². The Morgan fingerprint density at radius 3 is 1.33 bits per heavy atom. The molecule has 0 spiro atoms.